The van der Waals surface area contributed by atoms with Crippen LogP contribution in [-0.4, -0.2) is 68.5 Å². The second kappa shape index (κ2) is 10.9. The van der Waals surface area contributed by atoms with Gasteiger partial charge in [-0.05, 0) is 71.5 Å². The van der Waals surface area contributed by atoms with Gasteiger partial charge < -0.3 is 29.7 Å². The molecular formula is C27H37N6O2P. The number of piperidine rings is 1. The molecule has 1 saturated heterocycles. The van der Waals surface area contributed by atoms with Crippen LogP contribution in [0.3, 0.4) is 0 Å². The first kappa shape index (κ1) is 26.0. The lowest BCUT2D eigenvalue weighted by Gasteiger charge is -2.36. The lowest BCUT2D eigenvalue weighted by molar-refractivity contribution is 0.249. The molecule has 8 nitrogen and oxygen atoms in total. The molecular weight excluding hydrogens is 471 g/mol. The molecule has 36 heavy (non-hydrogen) atoms. The third kappa shape index (κ3) is 6.00. The number of nitrogens with zero attached hydrogens (tertiary/aromatic N) is 4. The number of aromatic nitrogens is 2. The molecule has 2 heterocycles. The van der Waals surface area contributed by atoms with Gasteiger partial charge in [0.1, 0.15) is 18.7 Å². The van der Waals surface area contributed by atoms with Gasteiger partial charge in [-0.2, -0.15) is 4.98 Å². The van der Waals surface area contributed by atoms with Gasteiger partial charge in [-0.25, -0.2) is 4.98 Å². The van der Waals surface area contributed by atoms with Crippen molar-refractivity contribution in [3.05, 3.63) is 54.2 Å². The number of rotatable bonds is 8. The van der Waals surface area contributed by atoms with Crippen LogP contribution in [0.25, 0.3) is 0 Å². The number of para-hydroxylation sites is 1. The van der Waals surface area contributed by atoms with Crippen LogP contribution < -0.4 is 25.6 Å². The average molecular weight is 509 g/mol. The van der Waals surface area contributed by atoms with Crippen LogP contribution in [0.15, 0.2) is 48.7 Å². The van der Waals surface area contributed by atoms with E-state index in [1.165, 1.54) is 0 Å². The fraction of sp³-hybridized carbons (Fsp3) is 0.407. The van der Waals surface area contributed by atoms with Gasteiger partial charge in [0, 0.05) is 47.9 Å². The van der Waals surface area contributed by atoms with Crippen LogP contribution in [0.5, 0.6) is 5.75 Å². The van der Waals surface area contributed by atoms with Crippen LogP contribution in [0, 0.1) is 6.92 Å². The third-order valence-electron chi connectivity index (χ3n) is 6.70. The summed E-state index contributed by atoms with van der Waals surface area (Å²) in [6.45, 7) is 7.54. The van der Waals surface area contributed by atoms with Gasteiger partial charge in [0.25, 0.3) is 0 Å². The van der Waals surface area contributed by atoms with E-state index in [1.54, 1.807) is 26.6 Å². The Balaban J connectivity index is 1.53. The van der Waals surface area contributed by atoms with Crippen LogP contribution >= 0.6 is 7.14 Å². The quantitative estimate of drug-likeness (QED) is 0.409. The number of anilines is 5. The maximum Gasteiger partial charge on any atom is 0.229 e. The zero-order chi connectivity index (χ0) is 25.9. The van der Waals surface area contributed by atoms with Crippen LogP contribution in [-0.2, 0) is 4.57 Å². The van der Waals surface area contributed by atoms with E-state index in [4.69, 9.17) is 9.72 Å². The fourth-order valence-electron chi connectivity index (χ4n) is 4.55. The summed E-state index contributed by atoms with van der Waals surface area (Å²) in [7, 11) is 3.53. The normalized spacial score (nSPS) is 14.7. The minimum Gasteiger partial charge on any atom is -0.494 e. The summed E-state index contributed by atoms with van der Waals surface area (Å²) in [5.41, 5.74) is 3.63. The van der Waals surface area contributed by atoms with Crippen molar-refractivity contribution in [3.8, 4) is 5.75 Å². The van der Waals surface area contributed by atoms with Gasteiger partial charge in [-0.1, -0.05) is 12.1 Å². The first-order chi connectivity index (χ1) is 17.2. The Kier molecular flexibility index (Phi) is 7.86. The van der Waals surface area contributed by atoms with Crippen molar-refractivity contribution in [1.82, 2.24) is 14.9 Å². The average Bonchev–Trinajstić information content (AvgIpc) is 2.86. The number of hydrogen-bond donors (Lipinski definition) is 2. The largest absolute Gasteiger partial charge is 0.494 e. The Labute approximate surface area is 214 Å². The van der Waals surface area contributed by atoms with E-state index in [0.29, 0.717) is 17.8 Å². The maximum absolute atomic E-state index is 12.8. The third-order valence-corrected chi connectivity index (χ3v) is 8.25. The molecule has 1 aromatic heterocycles. The molecule has 3 aromatic rings. The molecule has 0 unspecified atom stereocenters. The molecule has 0 bridgehead atoms. The number of aryl methyl sites for hydroxylation is 1. The van der Waals surface area contributed by atoms with Gasteiger partial charge in [0.2, 0.25) is 5.95 Å². The van der Waals surface area contributed by atoms with Crippen molar-refractivity contribution in [3.63, 3.8) is 0 Å². The van der Waals surface area contributed by atoms with E-state index >= 15 is 0 Å². The molecule has 0 atom stereocenters. The van der Waals surface area contributed by atoms with Gasteiger partial charge in [0.15, 0.2) is 0 Å². The predicted molar refractivity (Wildman–Crippen MR) is 151 cm³/mol. The number of benzene rings is 2. The summed E-state index contributed by atoms with van der Waals surface area (Å²) in [6, 6.07) is 14.5. The number of nitrogens with one attached hydrogen (secondary N) is 2. The Morgan fingerprint density at radius 3 is 2.44 bits per heavy atom. The molecule has 4 rings (SSSR count). The molecule has 0 spiro atoms. The fourth-order valence-corrected chi connectivity index (χ4v) is 5.70. The summed E-state index contributed by atoms with van der Waals surface area (Å²) in [4.78, 5) is 13.9. The van der Waals surface area contributed by atoms with E-state index in [0.717, 1.165) is 59.6 Å². The second-order valence-electron chi connectivity index (χ2n) is 9.91. The Morgan fingerprint density at radius 1 is 1.06 bits per heavy atom. The Morgan fingerprint density at radius 2 is 1.78 bits per heavy atom. The van der Waals surface area contributed by atoms with E-state index in [9.17, 15) is 4.57 Å². The molecule has 9 heteroatoms. The van der Waals surface area contributed by atoms with Crippen molar-refractivity contribution in [1.29, 1.82) is 0 Å². The molecule has 0 saturated carbocycles. The van der Waals surface area contributed by atoms with Crippen molar-refractivity contribution < 1.29 is 9.30 Å². The van der Waals surface area contributed by atoms with E-state index in [-0.39, 0.29) is 0 Å². The minimum absolute atomic E-state index is 0.453. The topological polar surface area (TPSA) is 82.6 Å². The molecule has 1 aliphatic heterocycles. The van der Waals surface area contributed by atoms with Gasteiger partial charge >= 0.3 is 0 Å². The van der Waals surface area contributed by atoms with E-state index < -0.39 is 7.14 Å². The van der Waals surface area contributed by atoms with Gasteiger partial charge in [-0.15, -0.1) is 0 Å². The zero-order valence-electron chi connectivity index (χ0n) is 22.1. The number of ether oxygens (including phenoxy) is 1. The highest BCUT2D eigenvalue weighted by Gasteiger charge is 2.22. The first-order valence-electron chi connectivity index (χ1n) is 12.3. The summed E-state index contributed by atoms with van der Waals surface area (Å²) in [5, 5.41) is 7.46. The zero-order valence-corrected chi connectivity index (χ0v) is 23.0. The summed E-state index contributed by atoms with van der Waals surface area (Å²) < 4.78 is 18.5. The smallest absolute Gasteiger partial charge is 0.229 e. The van der Waals surface area contributed by atoms with E-state index in [2.05, 4.69) is 51.6 Å². The highest BCUT2D eigenvalue weighted by Crippen LogP contribution is 2.38. The van der Waals surface area contributed by atoms with Crippen LogP contribution in [0.2, 0.25) is 0 Å². The molecule has 192 valence electrons. The predicted octanol–water partition coefficient (Wildman–Crippen LogP) is 5.06. The summed E-state index contributed by atoms with van der Waals surface area (Å²) >= 11 is 0. The molecule has 2 N–H and O–H groups in total. The second-order valence-corrected chi connectivity index (χ2v) is 13.1. The molecule has 1 fully saturated rings. The Bertz CT molecular complexity index is 1250. The van der Waals surface area contributed by atoms with Crippen molar-refractivity contribution >= 4 is 41.3 Å². The monoisotopic (exact) mass is 508 g/mol. The van der Waals surface area contributed by atoms with E-state index in [1.807, 2.05) is 37.3 Å². The Hall–Kier alpha value is -3.09. The van der Waals surface area contributed by atoms with Crippen molar-refractivity contribution in [2.24, 2.45) is 0 Å². The summed E-state index contributed by atoms with van der Waals surface area (Å²) in [5.74, 6) is 1.85. The molecule has 1 aliphatic rings. The molecule has 2 aromatic carbocycles. The minimum atomic E-state index is -2.45. The molecule has 0 aliphatic carbocycles. The van der Waals surface area contributed by atoms with Crippen molar-refractivity contribution in [2.45, 2.75) is 25.8 Å². The van der Waals surface area contributed by atoms with Crippen molar-refractivity contribution in [2.75, 3.05) is 63.2 Å². The lowest BCUT2D eigenvalue weighted by Crippen LogP contribution is -2.41. The number of hydrogen-bond acceptors (Lipinski definition) is 8. The van der Waals surface area contributed by atoms with Gasteiger partial charge in [0.05, 0.1) is 18.5 Å². The van der Waals surface area contributed by atoms with Gasteiger partial charge in [-0.3, -0.25) is 0 Å². The molecule has 0 radical (unpaired) electrons. The standard InChI is InChI=1S/C27H37N6O2P/c1-19-18-28-27(31-26(19)29-23-9-7-8-10-25(23)36(5,6)34)30-22-12-11-21(17-24(22)35-4)33-15-13-20(14-16-33)32(2)3/h7-12,17-18,20H,13-16H2,1-6H3,(H2,28,29,30,31). The highest BCUT2D eigenvalue weighted by molar-refractivity contribution is 7.70. The summed E-state index contributed by atoms with van der Waals surface area (Å²) in [6.07, 6.45) is 4.07. The first-order valence-corrected chi connectivity index (χ1v) is 14.9. The number of methoxy groups -OCH3 is 1. The molecule has 0 amide bonds. The SMILES string of the molecule is COc1cc(N2CCC(N(C)C)CC2)ccc1Nc1ncc(C)c(Nc2ccccc2P(C)(C)=O)n1. The lowest BCUT2D eigenvalue weighted by atomic mass is 10.0. The van der Waals surface area contributed by atoms with Crippen LogP contribution in [0.1, 0.15) is 18.4 Å². The maximum atomic E-state index is 12.8. The van der Waals surface area contributed by atoms with Crippen LogP contribution in [0.4, 0.5) is 28.8 Å². The highest BCUT2D eigenvalue weighted by atomic mass is 31.2.